The summed E-state index contributed by atoms with van der Waals surface area (Å²) >= 11 is 0. The number of halogens is 1. The molecule has 0 spiro atoms. The minimum absolute atomic E-state index is 0.170. The second kappa shape index (κ2) is 13.2. The van der Waals surface area contributed by atoms with Crippen LogP contribution in [0.1, 0.15) is 40.2 Å². The number of amides is 1. The molecule has 10 nitrogen and oxygen atoms in total. The molecule has 39 heavy (non-hydrogen) atoms. The molecule has 1 amide bonds. The fourth-order valence-electron chi connectivity index (χ4n) is 4.34. The van der Waals surface area contributed by atoms with Crippen molar-refractivity contribution in [1.29, 1.82) is 0 Å². The third-order valence-electron chi connectivity index (χ3n) is 5.87. The van der Waals surface area contributed by atoms with Crippen molar-refractivity contribution in [1.82, 2.24) is 5.32 Å². The summed E-state index contributed by atoms with van der Waals surface area (Å²) in [4.78, 5) is 46.9. The van der Waals surface area contributed by atoms with Crippen molar-refractivity contribution in [3.63, 3.8) is 0 Å². The maximum atomic E-state index is 14.1. The quantitative estimate of drug-likeness (QED) is 0.374. The first-order valence-electron chi connectivity index (χ1n) is 12.4. The van der Waals surface area contributed by atoms with Crippen LogP contribution in [-0.4, -0.2) is 61.1 Å². The number of carbonyl (C=O) groups excluding carboxylic acids is 4. The first kappa shape index (κ1) is 29.6. The van der Waals surface area contributed by atoms with Crippen LogP contribution < -0.4 is 10.1 Å². The maximum Gasteiger partial charge on any atom is 0.303 e. The van der Waals surface area contributed by atoms with E-state index >= 15 is 0 Å². The molecule has 2 aromatic carbocycles. The van der Waals surface area contributed by atoms with Gasteiger partial charge in [0.1, 0.15) is 11.6 Å². The fraction of sp³-hybridized carbons (Fsp3) is 0.429. The van der Waals surface area contributed by atoms with Crippen molar-refractivity contribution in [2.75, 3.05) is 6.54 Å². The van der Waals surface area contributed by atoms with Crippen LogP contribution in [0.15, 0.2) is 42.5 Å². The van der Waals surface area contributed by atoms with Gasteiger partial charge in [0.05, 0.1) is 6.10 Å². The molecule has 0 radical (unpaired) electrons. The average molecular weight is 546 g/mol. The van der Waals surface area contributed by atoms with E-state index in [0.717, 1.165) is 5.56 Å². The van der Waals surface area contributed by atoms with Crippen LogP contribution in [0.3, 0.4) is 0 Å². The van der Waals surface area contributed by atoms with E-state index in [1.54, 1.807) is 37.3 Å². The summed E-state index contributed by atoms with van der Waals surface area (Å²) < 4.78 is 42.3. The molecular formula is C28H32FNO9. The fourth-order valence-corrected chi connectivity index (χ4v) is 4.34. The Kier molecular flexibility index (Phi) is 10.00. The van der Waals surface area contributed by atoms with Crippen molar-refractivity contribution < 1.29 is 47.3 Å². The lowest BCUT2D eigenvalue weighted by Gasteiger charge is -2.43. The van der Waals surface area contributed by atoms with Gasteiger partial charge in [-0.25, -0.2) is 4.39 Å². The number of rotatable bonds is 9. The van der Waals surface area contributed by atoms with Crippen LogP contribution >= 0.6 is 0 Å². The molecule has 0 bridgehead atoms. The van der Waals surface area contributed by atoms with Crippen LogP contribution in [0.4, 0.5) is 4.39 Å². The highest BCUT2D eigenvalue weighted by molar-refractivity contribution is 5.73. The number of carbonyl (C=O) groups is 4. The molecule has 11 heteroatoms. The van der Waals surface area contributed by atoms with E-state index < -0.39 is 54.4 Å². The Morgan fingerprint density at radius 3 is 2.13 bits per heavy atom. The molecule has 2 aromatic rings. The Balaban J connectivity index is 1.98. The Labute approximate surface area is 225 Å². The smallest absolute Gasteiger partial charge is 0.303 e. The topological polar surface area (TPSA) is 126 Å². The first-order chi connectivity index (χ1) is 18.4. The van der Waals surface area contributed by atoms with E-state index in [4.69, 9.17) is 23.7 Å². The summed E-state index contributed by atoms with van der Waals surface area (Å²) in [6.45, 7) is 6.95. The molecule has 1 aliphatic heterocycles. The molecule has 3 rings (SSSR count). The lowest BCUT2D eigenvalue weighted by molar-refractivity contribution is -0.280. The van der Waals surface area contributed by atoms with Crippen LogP contribution in [-0.2, 0) is 44.5 Å². The second-order valence-electron chi connectivity index (χ2n) is 9.11. The van der Waals surface area contributed by atoms with Crippen molar-refractivity contribution in [3.8, 4) is 16.9 Å². The van der Waals surface area contributed by atoms with Crippen LogP contribution in [0.5, 0.6) is 5.75 Å². The molecule has 0 aliphatic carbocycles. The van der Waals surface area contributed by atoms with Crippen LogP contribution in [0.2, 0.25) is 0 Å². The van der Waals surface area contributed by atoms with Crippen LogP contribution in [0.25, 0.3) is 11.1 Å². The van der Waals surface area contributed by atoms with Gasteiger partial charge in [-0.2, -0.15) is 0 Å². The van der Waals surface area contributed by atoms with E-state index in [2.05, 4.69) is 5.32 Å². The van der Waals surface area contributed by atoms with Gasteiger partial charge in [0.2, 0.25) is 18.3 Å². The molecule has 1 unspecified atom stereocenters. The van der Waals surface area contributed by atoms with Gasteiger partial charge in [0.25, 0.3) is 0 Å². The molecule has 1 heterocycles. The average Bonchev–Trinajstić information content (AvgIpc) is 2.83. The zero-order chi connectivity index (χ0) is 28.7. The first-order valence-corrected chi connectivity index (χ1v) is 12.4. The zero-order valence-corrected chi connectivity index (χ0v) is 22.4. The van der Waals surface area contributed by atoms with Crippen molar-refractivity contribution in [3.05, 3.63) is 53.8 Å². The molecule has 1 saturated heterocycles. The predicted molar refractivity (Wildman–Crippen MR) is 136 cm³/mol. The van der Waals surface area contributed by atoms with E-state index in [-0.39, 0.29) is 5.91 Å². The minimum atomic E-state index is -1.27. The lowest BCUT2D eigenvalue weighted by Crippen LogP contribution is -2.62. The highest BCUT2D eigenvalue weighted by Gasteiger charge is 2.51. The van der Waals surface area contributed by atoms with Gasteiger partial charge in [-0.15, -0.1) is 0 Å². The molecule has 210 valence electrons. The van der Waals surface area contributed by atoms with Gasteiger partial charge >= 0.3 is 17.9 Å². The minimum Gasteiger partial charge on any atom is -0.461 e. The summed E-state index contributed by atoms with van der Waals surface area (Å²) in [6.07, 6.45) is -5.11. The van der Waals surface area contributed by atoms with Crippen molar-refractivity contribution in [2.45, 2.75) is 71.7 Å². The Bertz CT molecular complexity index is 1220. The maximum absolute atomic E-state index is 14.1. The number of benzene rings is 2. The standard InChI is InChI=1S/C28H32FNO9/c1-15-25(36-17(3)32)26(37-18(4)33)27(38-19(5)34)28(35-15)39-23-10-9-20(11-12-30-16(2)31)24(14-23)21-7-6-8-22(29)13-21/h6-10,13-15,25-28H,11-12H2,1-5H3,(H,30,31)/t15-,25+,26+,27-,28?/m1/s1. The number of esters is 3. The van der Waals surface area contributed by atoms with Gasteiger partial charge in [-0.1, -0.05) is 18.2 Å². The van der Waals surface area contributed by atoms with Gasteiger partial charge in [0, 0.05) is 34.2 Å². The Morgan fingerprint density at radius 2 is 1.51 bits per heavy atom. The van der Waals surface area contributed by atoms with E-state index in [1.807, 2.05) is 0 Å². The summed E-state index contributed by atoms with van der Waals surface area (Å²) in [5.41, 5.74) is 2.06. The van der Waals surface area contributed by atoms with Gasteiger partial charge in [-0.3, -0.25) is 19.2 Å². The van der Waals surface area contributed by atoms with Crippen molar-refractivity contribution >= 4 is 23.8 Å². The summed E-state index contributed by atoms with van der Waals surface area (Å²) in [5.74, 6) is -2.32. The number of hydrogen-bond donors (Lipinski definition) is 1. The van der Waals surface area contributed by atoms with Crippen LogP contribution in [0, 0.1) is 5.82 Å². The molecule has 0 saturated carbocycles. The highest BCUT2D eigenvalue weighted by atomic mass is 19.1. The van der Waals surface area contributed by atoms with E-state index in [1.165, 1.54) is 39.8 Å². The normalized spacial score (nSPS) is 22.4. The van der Waals surface area contributed by atoms with Crippen molar-refractivity contribution in [2.24, 2.45) is 0 Å². The van der Waals surface area contributed by atoms with Gasteiger partial charge in [0.15, 0.2) is 12.2 Å². The lowest BCUT2D eigenvalue weighted by atomic mass is 9.96. The highest BCUT2D eigenvalue weighted by Crippen LogP contribution is 2.33. The third-order valence-corrected chi connectivity index (χ3v) is 5.87. The monoisotopic (exact) mass is 545 g/mol. The molecular weight excluding hydrogens is 513 g/mol. The second-order valence-corrected chi connectivity index (χ2v) is 9.11. The molecule has 0 aromatic heterocycles. The molecule has 1 N–H and O–H groups in total. The SMILES string of the molecule is CC(=O)NCCc1ccc(OC2O[C@H](C)[C@H](OC(C)=O)[C@H](OC(C)=O)[C@H]2OC(C)=O)cc1-c1cccc(F)c1. The summed E-state index contributed by atoms with van der Waals surface area (Å²) in [7, 11) is 0. The number of hydrogen-bond acceptors (Lipinski definition) is 9. The van der Waals surface area contributed by atoms with Gasteiger partial charge < -0.3 is 29.0 Å². The largest absolute Gasteiger partial charge is 0.461 e. The Morgan fingerprint density at radius 1 is 0.872 bits per heavy atom. The van der Waals surface area contributed by atoms with E-state index in [9.17, 15) is 23.6 Å². The molecule has 5 atom stereocenters. The molecule has 1 aliphatic rings. The predicted octanol–water partition coefficient (Wildman–Crippen LogP) is 3.09. The molecule has 1 fully saturated rings. The van der Waals surface area contributed by atoms with E-state index in [0.29, 0.717) is 29.8 Å². The van der Waals surface area contributed by atoms with Gasteiger partial charge in [-0.05, 0) is 54.3 Å². The zero-order valence-electron chi connectivity index (χ0n) is 22.4. The summed E-state index contributed by atoms with van der Waals surface area (Å²) in [6, 6.07) is 11.1. The third kappa shape index (κ3) is 8.25. The summed E-state index contributed by atoms with van der Waals surface area (Å²) in [5, 5.41) is 2.74. The number of ether oxygens (including phenoxy) is 5. The number of nitrogens with one attached hydrogen (secondary N) is 1. The Hall–Kier alpha value is -3.99.